The number of aliphatic hydroxyl groups excluding tert-OH is 1. The molecule has 7 heteroatoms. The van der Waals surface area contributed by atoms with E-state index in [1.807, 2.05) is 12.1 Å². The summed E-state index contributed by atoms with van der Waals surface area (Å²) < 4.78 is 13.7. The van der Waals surface area contributed by atoms with Crippen LogP contribution in [0.15, 0.2) is 48.5 Å². The molecule has 0 unspecified atom stereocenters. The Labute approximate surface area is 327 Å². The second-order valence-corrected chi connectivity index (χ2v) is 17.9. The molecule has 2 aromatic rings. The fraction of sp³-hybridized carbons (Fsp3) is 0.723. The lowest BCUT2D eigenvalue weighted by atomic mass is 9.53. The molecule has 5 aliphatic rings. The molecular weight excluding hydrogens is 671 g/mol. The molecule has 2 aromatic carbocycles. The van der Waals surface area contributed by atoms with Crippen molar-refractivity contribution in [2.75, 3.05) is 19.6 Å². The van der Waals surface area contributed by atoms with Crippen molar-refractivity contribution in [2.45, 2.75) is 174 Å². The second-order valence-electron chi connectivity index (χ2n) is 17.9. The zero-order valence-corrected chi connectivity index (χ0v) is 34.0. The number of benzene rings is 2. The Morgan fingerprint density at radius 3 is 1.80 bits per heavy atom. The van der Waals surface area contributed by atoms with E-state index in [9.17, 15) is 9.90 Å². The number of rotatable bonds is 22. The number of aliphatic hydroxyl groups is 1. The van der Waals surface area contributed by atoms with E-state index in [1.165, 1.54) is 96.3 Å². The Hall–Kier alpha value is -2.45. The minimum absolute atomic E-state index is 0.0137. The molecule has 2 amide bonds. The van der Waals surface area contributed by atoms with Crippen LogP contribution in [0.2, 0.25) is 0 Å². The molecule has 4 bridgehead atoms. The van der Waals surface area contributed by atoms with Gasteiger partial charge in [0.25, 0.3) is 0 Å². The summed E-state index contributed by atoms with van der Waals surface area (Å²) in [6, 6.07) is 16.6. The average molecular weight is 744 g/mol. The largest absolute Gasteiger partial charge is 0.392 e. The summed E-state index contributed by atoms with van der Waals surface area (Å²) in [6.45, 7) is 10.5. The number of amides is 2. The van der Waals surface area contributed by atoms with Gasteiger partial charge in [-0.3, -0.25) is 0 Å². The third-order valence-electron chi connectivity index (χ3n) is 13.3. The molecule has 7 rings (SSSR count). The quantitative estimate of drug-likeness (QED) is 0.105. The third kappa shape index (κ3) is 11.6. The molecule has 1 aliphatic heterocycles. The number of carbonyl (C=O) groups is 1. The maximum Gasteiger partial charge on any atom is 0.315 e. The number of nitrogens with one attached hydrogen (secondary N) is 2. The summed E-state index contributed by atoms with van der Waals surface area (Å²) in [4.78, 5) is 15.8. The molecule has 4 atom stereocenters. The van der Waals surface area contributed by atoms with Gasteiger partial charge in [-0.1, -0.05) is 134 Å². The summed E-state index contributed by atoms with van der Waals surface area (Å²) >= 11 is 0. The predicted molar refractivity (Wildman–Crippen MR) is 219 cm³/mol. The minimum atomic E-state index is -0.486. The molecular formula is C47H73N3O4. The molecule has 1 heterocycles. The van der Waals surface area contributed by atoms with Gasteiger partial charge in [0.15, 0.2) is 6.29 Å². The van der Waals surface area contributed by atoms with Gasteiger partial charge >= 0.3 is 6.03 Å². The van der Waals surface area contributed by atoms with Crippen molar-refractivity contribution in [3.8, 4) is 0 Å². The first kappa shape index (κ1) is 41.2. The van der Waals surface area contributed by atoms with Gasteiger partial charge in [0, 0.05) is 30.1 Å². The summed E-state index contributed by atoms with van der Waals surface area (Å²) in [6.07, 6.45) is 22.7. The highest BCUT2D eigenvalue weighted by Crippen LogP contribution is 2.55. The molecule has 0 aromatic heterocycles. The zero-order valence-electron chi connectivity index (χ0n) is 34.0. The van der Waals surface area contributed by atoms with Crippen LogP contribution in [0.1, 0.15) is 171 Å². The van der Waals surface area contributed by atoms with E-state index in [1.54, 1.807) is 0 Å². The fourth-order valence-corrected chi connectivity index (χ4v) is 10.6. The number of hydrogen-bond donors (Lipinski definition) is 3. The van der Waals surface area contributed by atoms with Crippen molar-refractivity contribution < 1.29 is 19.4 Å². The van der Waals surface area contributed by atoms with Crippen LogP contribution in [0.25, 0.3) is 0 Å². The summed E-state index contributed by atoms with van der Waals surface area (Å²) in [5.41, 5.74) is 4.12. The summed E-state index contributed by atoms with van der Waals surface area (Å²) in [7, 11) is 0. The van der Waals surface area contributed by atoms with Crippen LogP contribution in [0.4, 0.5) is 4.79 Å². The van der Waals surface area contributed by atoms with E-state index in [-0.39, 0.29) is 36.3 Å². The second kappa shape index (κ2) is 20.6. The first-order chi connectivity index (χ1) is 26.4. The van der Waals surface area contributed by atoms with Crippen LogP contribution in [0.3, 0.4) is 0 Å². The van der Waals surface area contributed by atoms with E-state index >= 15 is 0 Å². The van der Waals surface area contributed by atoms with Gasteiger partial charge in [-0.05, 0) is 98.9 Å². The Morgan fingerprint density at radius 1 is 0.722 bits per heavy atom. The Morgan fingerprint density at radius 2 is 1.24 bits per heavy atom. The molecule has 7 nitrogen and oxygen atoms in total. The number of unbranched alkanes of at least 4 members (excludes halogenated alkanes) is 10. The van der Waals surface area contributed by atoms with E-state index in [2.05, 4.69) is 72.7 Å². The van der Waals surface area contributed by atoms with Crippen LogP contribution in [-0.2, 0) is 22.6 Å². The smallest absolute Gasteiger partial charge is 0.315 e. The monoisotopic (exact) mass is 744 g/mol. The molecule has 5 fully saturated rings. The fourth-order valence-electron chi connectivity index (χ4n) is 10.6. The number of nitrogens with zero attached hydrogens (tertiary/aromatic N) is 1. The Balaban J connectivity index is 1.09. The Bertz CT molecular complexity index is 1350. The standard InChI is InChI=1S/C47H73N3O4/c1-4-6-8-10-12-14-24-50(25-15-13-11-9-7-5-2)33-43-35(3)44(41-20-18-37(34-51)19-21-41)54-45(53-43)42-22-16-36(17-23-42)32-48-46(52)49-47-29-38-26-39(30-47)28-40(27-38)31-47/h16-23,35,38-40,43-45,51H,4-15,24-34H2,1-3H3,(H2,48,49,52)/t35-,38?,39?,40?,43+,44+,45+,47?/m0/s1. The molecule has 0 spiro atoms. The van der Waals surface area contributed by atoms with Gasteiger partial charge in [-0.25, -0.2) is 4.79 Å². The third-order valence-corrected chi connectivity index (χ3v) is 13.3. The normalized spacial score (nSPS) is 28.8. The maximum atomic E-state index is 13.2. The summed E-state index contributed by atoms with van der Waals surface area (Å²) in [5, 5.41) is 16.3. The highest BCUT2D eigenvalue weighted by molar-refractivity contribution is 5.75. The SMILES string of the molecule is CCCCCCCCN(CCCCCCCC)C[C@H]1O[C@@H](c2ccc(CNC(=O)NC34CC5CC(CC(C5)C3)C4)cc2)O[C@@H](c2ccc(CO)cc2)[C@H]1C. The van der Waals surface area contributed by atoms with Gasteiger partial charge in [0.1, 0.15) is 0 Å². The van der Waals surface area contributed by atoms with E-state index in [0.717, 1.165) is 78.9 Å². The van der Waals surface area contributed by atoms with Crippen molar-refractivity contribution in [2.24, 2.45) is 23.7 Å². The first-order valence-electron chi connectivity index (χ1n) is 22.2. The Kier molecular flexibility index (Phi) is 15.7. The first-order valence-corrected chi connectivity index (χ1v) is 22.2. The minimum Gasteiger partial charge on any atom is -0.392 e. The summed E-state index contributed by atoms with van der Waals surface area (Å²) in [5.74, 6) is 2.58. The van der Waals surface area contributed by atoms with Crippen LogP contribution in [0, 0.1) is 23.7 Å². The van der Waals surface area contributed by atoms with Crippen LogP contribution >= 0.6 is 0 Å². The van der Waals surface area contributed by atoms with Gasteiger partial charge in [0.2, 0.25) is 0 Å². The highest BCUT2D eigenvalue weighted by atomic mass is 16.7. The molecule has 1 saturated heterocycles. The average Bonchev–Trinajstić information content (AvgIpc) is 3.17. The van der Waals surface area contributed by atoms with Gasteiger partial charge in [0.05, 0.1) is 18.8 Å². The molecule has 54 heavy (non-hydrogen) atoms. The van der Waals surface area contributed by atoms with Crippen LogP contribution < -0.4 is 10.6 Å². The number of ether oxygens (including phenoxy) is 2. The molecule has 4 saturated carbocycles. The predicted octanol–water partition coefficient (Wildman–Crippen LogP) is 10.8. The van der Waals surface area contributed by atoms with E-state index in [0.29, 0.717) is 6.54 Å². The zero-order chi connectivity index (χ0) is 37.8. The molecule has 3 N–H and O–H groups in total. The number of hydrogen-bond acceptors (Lipinski definition) is 5. The molecule has 4 aliphatic carbocycles. The molecule has 0 radical (unpaired) electrons. The van der Waals surface area contributed by atoms with Crippen LogP contribution in [-0.4, -0.2) is 47.3 Å². The van der Waals surface area contributed by atoms with Crippen LogP contribution in [0.5, 0.6) is 0 Å². The molecule has 300 valence electrons. The lowest BCUT2D eigenvalue weighted by molar-refractivity contribution is -0.276. The van der Waals surface area contributed by atoms with Gasteiger partial charge in [-0.2, -0.15) is 0 Å². The topological polar surface area (TPSA) is 83.1 Å². The lowest BCUT2D eigenvalue weighted by Crippen LogP contribution is -2.61. The van der Waals surface area contributed by atoms with Crippen molar-refractivity contribution in [3.63, 3.8) is 0 Å². The lowest BCUT2D eigenvalue weighted by Gasteiger charge is -2.56. The van der Waals surface area contributed by atoms with Gasteiger partial charge < -0.3 is 30.1 Å². The highest BCUT2D eigenvalue weighted by Gasteiger charge is 2.51. The number of carbonyl (C=O) groups excluding carboxylic acids is 1. The van der Waals surface area contributed by atoms with E-state index in [4.69, 9.17) is 9.47 Å². The van der Waals surface area contributed by atoms with Crippen molar-refractivity contribution >= 4 is 6.03 Å². The van der Waals surface area contributed by atoms with Crippen molar-refractivity contribution in [3.05, 3.63) is 70.8 Å². The van der Waals surface area contributed by atoms with E-state index < -0.39 is 6.29 Å². The maximum absolute atomic E-state index is 13.2. The van der Waals surface area contributed by atoms with Gasteiger partial charge in [-0.15, -0.1) is 0 Å². The van der Waals surface area contributed by atoms with Crippen molar-refractivity contribution in [1.82, 2.24) is 15.5 Å². The van der Waals surface area contributed by atoms with Crippen molar-refractivity contribution in [1.29, 1.82) is 0 Å². The number of urea groups is 1.